The second kappa shape index (κ2) is 8.52. The van der Waals surface area contributed by atoms with E-state index in [0.29, 0.717) is 33.7 Å². The van der Waals surface area contributed by atoms with Gasteiger partial charge in [0.05, 0.1) is 27.7 Å². The Bertz CT molecular complexity index is 1380. The van der Waals surface area contributed by atoms with Gasteiger partial charge in [-0.1, -0.05) is 12.1 Å². The lowest BCUT2D eigenvalue weighted by atomic mass is 10.2. The monoisotopic (exact) mass is 459 g/mol. The fourth-order valence-corrected chi connectivity index (χ4v) is 4.82. The molecule has 7 nitrogen and oxygen atoms in total. The Labute approximate surface area is 192 Å². The zero-order valence-electron chi connectivity index (χ0n) is 17.2. The first-order chi connectivity index (χ1) is 15.6. The van der Waals surface area contributed by atoms with Crippen LogP contribution in [0.15, 0.2) is 70.4 Å². The van der Waals surface area contributed by atoms with E-state index < -0.39 is 0 Å². The number of anilines is 1. The number of thiazole rings is 1. The summed E-state index contributed by atoms with van der Waals surface area (Å²) in [4.78, 5) is 31.0. The zero-order valence-corrected chi connectivity index (χ0v) is 18.8. The second-order valence-corrected chi connectivity index (χ2v) is 8.69. The molecule has 0 aliphatic rings. The van der Waals surface area contributed by atoms with Crippen molar-refractivity contribution in [2.24, 2.45) is 0 Å². The quantitative estimate of drug-likeness (QED) is 0.266. The van der Waals surface area contributed by atoms with Gasteiger partial charge in [0.25, 0.3) is 5.91 Å². The van der Waals surface area contributed by atoms with Crippen molar-refractivity contribution in [2.45, 2.75) is 11.9 Å². The molecule has 0 spiro atoms. The summed E-state index contributed by atoms with van der Waals surface area (Å²) in [5, 5.41) is 4.31. The number of nitrogens with one attached hydrogen (secondary N) is 1. The SMILES string of the molecule is CSc1nc(-c2ccco2)nc(C)c1C(=O)Nc1ccc(-c2nc3ccccc3s2)cn1. The van der Waals surface area contributed by atoms with Gasteiger partial charge in [-0.05, 0) is 49.6 Å². The van der Waals surface area contributed by atoms with Crippen LogP contribution in [0, 0.1) is 6.92 Å². The Balaban J connectivity index is 1.39. The number of amides is 1. The molecule has 32 heavy (non-hydrogen) atoms. The molecule has 0 aliphatic heterocycles. The molecule has 0 saturated carbocycles. The van der Waals surface area contributed by atoms with E-state index in [9.17, 15) is 4.79 Å². The summed E-state index contributed by atoms with van der Waals surface area (Å²) >= 11 is 2.99. The molecule has 158 valence electrons. The predicted molar refractivity (Wildman–Crippen MR) is 127 cm³/mol. The van der Waals surface area contributed by atoms with Crippen LogP contribution in [0.3, 0.4) is 0 Å². The second-order valence-electron chi connectivity index (χ2n) is 6.87. The molecule has 1 aromatic carbocycles. The summed E-state index contributed by atoms with van der Waals surface area (Å²) in [7, 11) is 0. The van der Waals surface area contributed by atoms with Gasteiger partial charge in [-0.3, -0.25) is 4.79 Å². The van der Waals surface area contributed by atoms with Crippen molar-refractivity contribution >= 4 is 45.0 Å². The number of rotatable bonds is 5. The molecule has 0 radical (unpaired) electrons. The zero-order chi connectivity index (χ0) is 22.1. The van der Waals surface area contributed by atoms with Crippen molar-refractivity contribution in [2.75, 3.05) is 11.6 Å². The molecule has 0 aliphatic carbocycles. The topological polar surface area (TPSA) is 93.8 Å². The summed E-state index contributed by atoms with van der Waals surface area (Å²) in [6.07, 6.45) is 5.15. The Morgan fingerprint density at radius 3 is 2.66 bits per heavy atom. The number of hydrogen-bond acceptors (Lipinski definition) is 8. The number of para-hydroxylation sites is 1. The van der Waals surface area contributed by atoms with Gasteiger partial charge in [-0.2, -0.15) is 0 Å². The van der Waals surface area contributed by atoms with Gasteiger partial charge in [0.2, 0.25) is 0 Å². The Kier molecular flexibility index (Phi) is 5.42. The molecule has 0 bridgehead atoms. The van der Waals surface area contributed by atoms with Gasteiger partial charge in [-0.25, -0.2) is 19.9 Å². The smallest absolute Gasteiger partial charge is 0.261 e. The van der Waals surface area contributed by atoms with Gasteiger partial charge in [0.1, 0.15) is 15.9 Å². The number of aryl methyl sites for hydroxylation is 1. The number of pyridine rings is 1. The highest BCUT2D eigenvalue weighted by atomic mass is 32.2. The Hall–Kier alpha value is -3.56. The van der Waals surface area contributed by atoms with E-state index in [2.05, 4.69) is 25.3 Å². The maximum absolute atomic E-state index is 13.0. The van der Waals surface area contributed by atoms with Crippen LogP contribution in [0.25, 0.3) is 32.4 Å². The van der Waals surface area contributed by atoms with Gasteiger partial charge in [0.15, 0.2) is 11.6 Å². The third-order valence-corrected chi connectivity index (χ3v) is 6.53. The number of hydrogen-bond donors (Lipinski definition) is 1. The van der Waals surface area contributed by atoms with Crippen molar-refractivity contribution in [3.05, 3.63) is 72.2 Å². The normalized spacial score (nSPS) is 11.1. The third-order valence-electron chi connectivity index (χ3n) is 4.76. The van der Waals surface area contributed by atoms with Gasteiger partial charge in [0, 0.05) is 11.8 Å². The van der Waals surface area contributed by atoms with E-state index in [4.69, 9.17) is 4.42 Å². The lowest BCUT2D eigenvalue weighted by Gasteiger charge is -2.11. The van der Waals surface area contributed by atoms with Crippen LogP contribution >= 0.6 is 23.1 Å². The number of aromatic nitrogens is 4. The summed E-state index contributed by atoms with van der Waals surface area (Å²) in [6.45, 7) is 1.78. The summed E-state index contributed by atoms with van der Waals surface area (Å²) in [5.74, 6) is 1.15. The minimum Gasteiger partial charge on any atom is -0.461 e. The first kappa shape index (κ1) is 20.3. The largest absolute Gasteiger partial charge is 0.461 e. The molecular formula is C23H17N5O2S2. The molecule has 4 aromatic heterocycles. The van der Waals surface area contributed by atoms with Crippen molar-refractivity contribution < 1.29 is 9.21 Å². The molecule has 0 saturated heterocycles. The molecule has 9 heteroatoms. The van der Waals surface area contributed by atoms with E-state index >= 15 is 0 Å². The van der Waals surface area contributed by atoms with Gasteiger partial charge in [-0.15, -0.1) is 23.1 Å². The predicted octanol–water partition coefficient (Wildman–Crippen LogP) is 5.69. The highest BCUT2D eigenvalue weighted by molar-refractivity contribution is 7.98. The Morgan fingerprint density at radius 2 is 1.94 bits per heavy atom. The number of fused-ring (bicyclic) bond motifs is 1. The van der Waals surface area contributed by atoms with Crippen LogP contribution in [-0.4, -0.2) is 32.1 Å². The number of thioether (sulfide) groups is 1. The van der Waals surface area contributed by atoms with Crippen molar-refractivity contribution in [1.29, 1.82) is 0 Å². The summed E-state index contributed by atoms with van der Waals surface area (Å²) in [6, 6.07) is 15.2. The maximum Gasteiger partial charge on any atom is 0.261 e. The minimum absolute atomic E-state index is 0.307. The van der Waals surface area contributed by atoms with Crippen LogP contribution in [0.1, 0.15) is 16.1 Å². The van der Waals surface area contributed by atoms with Crippen LogP contribution in [-0.2, 0) is 0 Å². The molecule has 0 atom stereocenters. The minimum atomic E-state index is -0.307. The van der Waals surface area contributed by atoms with Crippen LogP contribution in [0.4, 0.5) is 5.82 Å². The van der Waals surface area contributed by atoms with Crippen molar-refractivity contribution in [3.8, 4) is 22.2 Å². The van der Waals surface area contributed by atoms with E-state index in [1.807, 2.05) is 36.6 Å². The highest BCUT2D eigenvalue weighted by Crippen LogP contribution is 2.30. The molecule has 5 aromatic rings. The van der Waals surface area contributed by atoms with E-state index in [-0.39, 0.29) is 5.91 Å². The standard InChI is InChI=1S/C23H17N5O2S2/c1-13-19(23(31-2)28-20(25-13)16-7-5-11-30-16)21(29)27-18-10-9-14(12-24-18)22-26-15-6-3-4-8-17(15)32-22/h3-12H,1-2H3,(H,24,27,29). The molecule has 1 N–H and O–H groups in total. The lowest BCUT2D eigenvalue weighted by Crippen LogP contribution is -2.17. The van der Waals surface area contributed by atoms with E-state index in [0.717, 1.165) is 20.8 Å². The van der Waals surface area contributed by atoms with Gasteiger partial charge >= 0.3 is 0 Å². The average molecular weight is 460 g/mol. The average Bonchev–Trinajstić information content (AvgIpc) is 3.49. The molecular weight excluding hydrogens is 442 g/mol. The third kappa shape index (κ3) is 3.88. The number of carbonyl (C=O) groups excluding carboxylic acids is 1. The Morgan fingerprint density at radius 1 is 1.06 bits per heavy atom. The molecule has 0 fully saturated rings. The van der Waals surface area contributed by atoms with E-state index in [1.54, 1.807) is 48.9 Å². The van der Waals surface area contributed by atoms with Crippen LogP contribution in [0.2, 0.25) is 0 Å². The lowest BCUT2D eigenvalue weighted by molar-refractivity contribution is 0.102. The number of furan rings is 1. The first-order valence-electron chi connectivity index (χ1n) is 9.72. The molecule has 5 rings (SSSR count). The molecule has 1 amide bonds. The fraction of sp³-hybridized carbons (Fsp3) is 0.0870. The van der Waals surface area contributed by atoms with Crippen LogP contribution < -0.4 is 5.32 Å². The van der Waals surface area contributed by atoms with Crippen molar-refractivity contribution in [1.82, 2.24) is 19.9 Å². The summed E-state index contributed by atoms with van der Waals surface area (Å²) in [5.41, 5.74) is 2.85. The van der Waals surface area contributed by atoms with E-state index in [1.165, 1.54) is 11.8 Å². The number of carbonyl (C=O) groups is 1. The number of nitrogens with zero attached hydrogens (tertiary/aromatic N) is 4. The van der Waals surface area contributed by atoms with Crippen molar-refractivity contribution in [3.63, 3.8) is 0 Å². The summed E-state index contributed by atoms with van der Waals surface area (Å²) < 4.78 is 6.51. The first-order valence-corrected chi connectivity index (χ1v) is 11.8. The fourth-order valence-electron chi connectivity index (χ4n) is 3.24. The number of benzene rings is 1. The molecule has 4 heterocycles. The highest BCUT2D eigenvalue weighted by Gasteiger charge is 2.20. The molecule has 0 unspecified atom stereocenters. The maximum atomic E-state index is 13.0. The van der Waals surface area contributed by atoms with Gasteiger partial charge < -0.3 is 9.73 Å². The van der Waals surface area contributed by atoms with Crippen LogP contribution in [0.5, 0.6) is 0 Å².